The molecule has 1 atom stereocenters. The highest BCUT2D eigenvalue weighted by atomic mass is 32.2. The molecule has 0 bridgehead atoms. The van der Waals surface area contributed by atoms with Crippen LogP contribution in [0.25, 0.3) is 0 Å². The van der Waals surface area contributed by atoms with Crippen LogP contribution in [0, 0.1) is 20.8 Å². The summed E-state index contributed by atoms with van der Waals surface area (Å²) in [5.74, 6) is -0.808. The van der Waals surface area contributed by atoms with Crippen LogP contribution < -0.4 is 15.4 Å². The maximum absolute atomic E-state index is 13.2. The fourth-order valence-corrected chi connectivity index (χ4v) is 4.86. The summed E-state index contributed by atoms with van der Waals surface area (Å²) < 4.78 is 29.0. The molecule has 0 heterocycles. The van der Waals surface area contributed by atoms with E-state index in [4.69, 9.17) is 0 Å². The molecule has 1 unspecified atom stereocenters. The normalized spacial score (nSPS) is 12.0. The summed E-state index contributed by atoms with van der Waals surface area (Å²) >= 11 is 0. The van der Waals surface area contributed by atoms with Crippen LogP contribution >= 0.6 is 0 Å². The molecule has 8 heteroatoms. The minimum absolute atomic E-state index is 0.00820. The number of anilines is 2. The molecule has 3 aromatic rings. The Morgan fingerprint density at radius 2 is 1.54 bits per heavy atom. The first kappa shape index (κ1) is 26.0. The third-order valence-corrected chi connectivity index (χ3v) is 7.29. The van der Waals surface area contributed by atoms with Gasteiger partial charge in [-0.2, -0.15) is 0 Å². The third-order valence-electron chi connectivity index (χ3n) is 5.79. The molecule has 0 aliphatic heterocycles. The average Bonchev–Trinajstić information content (AvgIpc) is 2.81. The molecule has 0 aliphatic carbocycles. The van der Waals surface area contributed by atoms with Gasteiger partial charge in [-0.25, -0.2) is 8.42 Å². The van der Waals surface area contributed by atoms with Crippen molar-refractivity contribution in [3.05, 3.63) is 88.5 Å². The monoisotopic (exact) mass is 493 g/mol. The highest BCUT2D eigenvalue weighted by molar-refractivity contribution is 7.92. The van der Waals surface area contributed by atoms with Gasteiger partial charge in [-0.05, 0) is 81.1 Å². The van der Waals surface area contributed by atoms with Crippen LogP contribution in [0.15, 0.2) is 65.6 Å². The van der Waals surface area contributed by atoms with Crippen LogP contribution in [0.3, 0.4) is 0 Å². The van der Waals surface area contributed by atoms with Gasteiger partial charge >= 0.3 is 0 Å². The van der Waals surface area contributed by atoms with Gasteiger partial charge in [-0.1, -0.05) is 37.3 Å². The van der Waals surface area contributed by atoms with Crippen LogP contribution in [0.4, 0.5) is 11.4 Å². The number of rotatable bonds is 8. The van der Waals surface area contributed by atoms with Crippen LogP contribution in [-0.2, 0) is 10.0 Å². The molecule has 7 nitrogen and oxygen atoms in total. The van der Waals surface area contributed by atoms with Gasteiger partial charge in [0.15, 0.2) is 0 Å². The molecule has 0 aromatic heterocycles. The number of nitrogens with one attached hydrogen (secondary N) is 3. The van der Waals surface area contributed by atoms with E-state index in [-0.39, 0.29) is 22.4 Å². The molecule has 2 amide bonds. The number of para-hydroxylation sites is 1. The Morgan fingerprint density at radius 1 is 0.857 bits per heavy atom. The van der Waals surface area contributed by atoms with Gasteiger partial charge in [-0.3, -0.25) is 14.3 Å². The first-order valence-corrected chi connectivity index (χ1v) is 12.9. The van der Waals surface area contributed by atoms with Crippen molar-refractivity contribution in [2.45, 2.75) is 52.0 Å². The molecule has 3 aromatic carbocycles. The van der Waals surface area contributed by atoms with E-state index in [0.717, 1.165) is 17.5 Å². The van der Waals surface area contributed by atoms with Crippen molar-refractivity contribution in [3.8, 4) is 0 Å². The molecule has 0 saturated heterocycles. The van der Waals surface area contributed by atoms with Gasteiger partial charge in [0.25, 0.3) is 21.8 Å². The van der Waals surface area contributed by atoms with Crippen LogP contribution in [0.1, 0.15) is 57.7 Å². The van der Waals surface area contributed by atoms with Crippen LogP contribution in [0.5, 0.6) is 0 Å². The Bertz CT molecular complexity index is 1370. The number of aryl methyl sites for hydroxylation is 3. The van der Waals surface area contributed by atoms with Crippen molar-refractivity contribution in [2.24, 2.45) is 0 Å². The van der Waals surface area contributed by atoms with Gasteiger partial charge < -0.3 is 10.6 Å². The van der Waals surface area contributed by atoms with E-state index in [1.54, 1.807) is 49.4 Å². The van der Waals surface area contributed by atoms with E-state index in [1.807, 2.05) is 39.8 Å². The highest BCUT2D eigenvalue weighted by Crippen LogP contribution is 2.25. The van der Waals surface area contributed by atoms with E-state index in [1.165, 1.54) is 6.07 Å². The molecule has 3 rings (SSSR count). The summed E-state index contributed by atoms with van der Waals surface area (Å²) in [6.07, 6.45) is 0.775. The van der Waals surface area contributed by atoms with E-state index in [0.29, 0.717) is 22.5 Å². The number of carbonyl (C=O) groups excluding carboxylic acids is 2. The second-order valence-electron chi connectivity index (χ2n) is 8.69. The Balaban J connectivity index is 1.89. The molecule has 35 heavy (non-hydrogen) atoms. The first-order chi connectivity index (χ1) is 16.5. The number of hydrogen-bond donors (Lipinski definition) is 3. The number of benzene rings is 3. The molecular formula is C27H31N3O4S. The lowest BCUT2D eigenvalue weighted by molar-refractivity contribution is 0.0940. The SMILES string of the molecule is CCC(C)NC(=O)c1ccccc1NC(=O)c1ccc(C)c(S(=O)(=O)Nc2cc(C)ccc2C)c1. The number of hydrogen-bond acceptors (Lipinski definition) is 4. The van der Waals surface area contributed by atoms with Gasteiger partial charge in [0.2, 0.25) is 0 Å². The molecule has 0 radical (unpaired) electrons. The number of sulfonamides is 1. The lowest BCUT2D eigenvalue weighted by Gasteiger charge is -2.16. The largest absolute Gasteiger partial charge is 0.350 e. The molecule has 3 N–H and O–H groups in total. The highest BCUT2D eigenvalue weighted by Gasteiger charge is 2.21. The van der Waals surface area contributed by atoms with E-state index < -0.39 is 15.9 Å². The lowest BCUT2D eigenvalue weighted by atomic mass is 10.1. The predicted octanol–water partition coefficient (Wildman–Crippen LogP) is 5.19. The van der Waals surface area contributed by atoms with E-state index in [2.05, 4.69) is 15.4 Å². The smallest absolute Gasteiger partial charge is 0.262 e. The van der Waals surface area contributed by atoms with Crippen molar-refractivity contribution in [3.63, 3.8) is 0 Å². The van der Waals surface area contributed by atoms with Crippen molar-refractivity contribution in [2.75, 3.05) is 10.0 Å². The summed E-state index contributed by atoms with van der Waals surface area (Å²) in [6.45, 7) is 9.25. The summed E-state index contributed by atoms with van der Waals surface area (Å²) in [4.78, 5) is 25.7. The summed E-state index contributed by atoms with van der Waals surface area (Å²) in [6, 6.07) is 16.7. The lowest BCUT2D eigenvalue weighted by Crippen LogP contribution is -2.32. The van der Waals surface area contributed by atoms with Gasteiger partial charge in [0, 0.05) is 11.6 Å². The second kappa shape index (κ2) is 10.7. The molecule has 184 valence electrons. The standard InChI is InChI=1S/C27H31N3O4S/c1-6-20(5)28-27(32)22-9-7-8-10-23(22)29-26(31)21-14-13-19(4)25(16-21)35(33,34)30-24-15-17(2)11-12-18(24)3/h7-16,20,30H,6H2,1-5H3,(H,28,32)(H,29,31). The molecular weight excluding hydrogens is 462 g/mol. The third kappa shape index (κ3) is 6.27. The Morgan fingerprint density at radius 3 is 2.26 bits per heavy atom. The van der Waals surface area contributed by atoms with Crippen LogP contribution in [-0.4, -0.2) is 26.3 Å². The fourth-order valence-electron chi connectivity index (χ4n) is 3.46. The zero-order chi connectivity index (χ0) is 25.8. The van der Waals surface area contributed by atoms with Gasteiger partial charge in [0.05, 0.1) is 21.8 Å². The van der Waals surface area contributed by atoms with Crippen molar-refractivity contribution < 1.29 is 18.0 Å². The predicted molar refractivity (Wildman–Crippen MR) is 140 cm³/mol. The summed E-state index contributed by atoms with van der Waals surface area (Å²) in [5, 5.41) is 5.64. The molecule has 0 fully saturated rings. The Labute approximate surface area is 207 Å². The minimum Gasteiger partial charge on any atom is -0.350 e. The Hall–Kier alpha value is -3.65. The Kier molecular flexibility index (Phi) is 7.96. The van der Waals surface area contributed by atoms with Gasteiger partial charge in [-0.15, -0.1) is 0 Å². The molecule has 0 spiro atoms. The van der Waals surface area contributed by atoms with Crippen molar-refractivity contribution in [1.29, 1.82) is 0 Å². The zero-order valence-electron chi connectivity index (χ0n) is 20.6. The van der Waals surface area contributed by atoms with E-state index in [9.17, 15) is 18.0 Å². The van der Waals surface area contributed by atoms with Crippen molar-refractivity contribution >= 4 is 33.2 Å². The second-order valence-corrected chi connectivity index (χ2v) is 10.3. The molecule has 0 aliphatic rings. The zero-order valence-corrected chi connectivity index (χ0v) is 21.4. The number of carbonyl (C=O) groups is 2. The van der Waals surface area contributed by atoms with E-state index >= 15 is 0 Å². The number of amides is 2. The summed E-state index contributed by atoms with van der Waals surface area (Å²) in [5.41, 5.74) is 3.55. The molecule has 0 saturated carbocycles. The minimum atomic E-state index is -3.94. The van der Waals surface area contributed by atoms with Crippen molar-refractivity contribution in [1.82, 2.24) is 5.32 Å². The fraction of sp³-hybridized carbons (Fsp3) is 0.259. The van der Waals surface area contributed by atoms with Gasteiger partial charge in [0.1, 0.15) is 0 Å². The first-order valence-electron chi connectivity index (χ1n) is 11.4. The topological polar surface area (TPSA) is 104 Å². The van der Waals surface area contributed by atoms with Crippen LogP contribution in [0.2, 0.25) is 0 Å². The maximum atomic E-state index is 13.2. The quantitative estimate of drug-likeness (QED) is 0.401. The summed E-state index contributed by atoms with van der Waals surface area (Å²) in [7, 11) is -3.94. The maximum Gasteiger partial charge on any atom is 0.262 e. The average molecular weight is 494 g/mol.